The van der Waals surface area contributed by atoms with E-state index in [4.69, 9.17) is 9.47 Å². The van der Waals surface area contributed by atoms with E-state index in [-0.39, 0.29) is 25.3 Å². The van der Waals surface area contributed by atoms with Gasteiger partial charge < -0.3 is 19.9 Å². The number of hydrogen-bond acceptors (Lipinski definition) is 8. The van der Waals surface area contributed by atoms with Gasteiger partial charge in [0.05, 0.1) is 12.6 Å². The van der Waals surface area contributed by atoms with Gasteiger partial charge in [-0.25, -0.2) is 9.97 Å². The van der Waals surface area contributed by atoms with Crippen LogP contribution in [0.3, 0.4) is 0 Å². The molecule has 3 aromatic rings. The molecule has 8 heteroatoms. The number of anilines is 1. The topological polar surface area (TPSA) is 102 Å². The minimum absolute atomic E-state index is 0.00888. The standard InChI is InChI=1S/C20H25N5O3/c1-14(2)12-15(13-26)23-19-17-18(22-9-8-21-17)24-20(25-19)28-11-10-27-16-6-4-3-5-7-16/h3-9,14-15,26H,10-13H2,1-2H3,(H,22,23,24,25)/t15-/m1/s1. The van der Waals surface area contributed by atoms with Gasteiger partial charge in [-0.15, -0.1) is 0 Å². The number of aliphatic hydroxyl groups is 1. The van der Waals surface area contributed by atoms with E-state index in [1.165, 1.54) is 0 Å². The molecule has 148 valence electrons. The number of hydrogen-bond donors (Lipinski definition) is 2. The average Bonchev–Trinajstić information content (AvgIpc) is 2.71. The number of nitrogens with one attached hydrogen (secondary N) is 1. The third kappa shape index (κ3) is 5.50. The molecule has 2 heterocycles. The molecule has 0 aliphatic heterocycles. The van der Waals surface area contributed by atoms with Crippen LogP contribution in [0, 0.1) is 5.92 Å². The van der Waals surface area contributed by atoms with Crippen molar-refractivity contribution in [3.63, 3.8) is 0 Å². The van der Waals surface area contributed by atoms with Crippen LogP contribution < -0.4 is 14.8 Å². The zero-order valence-corrected chi connectivity index (χ0v) is 16.1. The van der Waals surface area contributed by atoms with E-state index < -0.39 is 0 Å². The first-order valence-electron chi connectivity index (χ1n) is 9.32. The summed E-state index contributed by atoms with van der Waals surface area (Å²) in [5.41, 5.74) is 0.970. The van der Waals surface area contributed by atoms with Gasteiger partial charge in [0.2, 0.25) is 0 Å². The molecule has 0 saturated carbocycles. The first kappa shape index (κ1) is 19.8. The Morgan fingerprint density at radius 2 is 1.75 bits per heavy atom. The van der Waals surface area contributed by atoms with Crippen molar-refractivity contribution in [1.29, 1.82) is 0 Å². The summed E-state index contributed by atoms with van der Waals surface area (Å²) in [5, 5.41) is 12.9. The molecular weight excluding hydrogens is 358 g/mol. The highest BCUT2D eigenvalue weighted by molar-refractivity contribution is 5.82. The Labute approximate surface area is 164 Å². The molecular formula is C20H25N5O3. The monoisotopic (exact) mass is 383 g/mol. The first-order chi connectivity index (χ1) is 13.7. The lowest BCUT2D eigenvalue weighted by Gasteiger charge is -2.19. The van der Waals surface area contributed by atoms with Gasteiger partial charge in [-0.3, -0.25) is 0 Å². The molecule has 0 saturated heterocycles. The van der Waals surface area contributed by atoms with Gasteiger partial charge >= 0.3 is 6.01 Å². The largest absolute Gasteiger partial charge is 0.490 e. The Kier molecular flexibility index (Phi) is 6.91. The number of aromatic nitrogens is 4. The molecule has 3 rings (SSSR count). The quantitative estimate of drug-likeness (QED) is 0.515. The summed E-state index contributed by atoms with van der Waals surface area (Å²) >= 11 is 0. The van der Waals surface area contributed by atoms with Crippen LogP contribution >= 0.6 is 0 Å². The fourth-order valence-corrected chi connectivity index (χ4v) is 2.76. The van der Waals surface area contributed by atoms with Crippen molar-refractivity contribution < 1.29 is 14.6 Å². The smallest absolute Gasteiger partial charge is 0.320 e. The van der Waals surface area contributed by atoms with Crippen molar-refractivity contribution in [1.82, 2.24) is 19.9 Å². The molecule has 0 aliphatic carbocycles. The second-order valence-corrected chi connectivity index (χ2v) is 6.75. The number of nitrogens with zero attached hydrogens (tertiary/aromatic N) is 4. The molecule has 0 bridgehead atoms. The van der Waals surface area contributed by atoms with Crippen molar-refractivity contribution in [3.05, 3.63) is 42.7 Å². The number of ether oxygens (including phenoxy) is 2. The predicted octanol–water partition coefficient (Wildman–Crippen LogP) is 2.70. The number of rotatable bonds is 10. The average molecular weight is 383 g/mol. The van der Waals surface area contributed by atoms with Crippen molar-refractivity contribution in [2.24, 2.45) is 5.92 Å². The molecule has 2 N–H and O–H groups in total. The van der Waals surface area contributed by atoms with Gasteiger partial charge in [-0.1, -0.05) is 32.0 Å². The summed E-state index contributed by atoms with van der Waals surface area (Å²) in [6, 6.07) is 9.56. The van der Waals surface area contributed by atoms with Gasteiger partial charge in [0.1, 0.15) is 19.0 Å². The van der Waals surface area contributed by atoms with E-state index in [1.54, 1.807) is 12.4 Å². The number of benzene rings is 1. The number of aliphatic hydroxyl groups excluding tert-OH is 1. The third-order valence-corrected chi connectivity index (χ3v) is 3.96. The van der Waals surface area contributed by atoms with E-state index in [1.807, 2.05) is 30.3 Å². The highest BCUT2D eigenvalue weighted by Crippen LogP contribution is 2.21. The summed E-state index contributed by atoms with van der Waals surface area (Å²) in [5.74, 6) is 1.70. The van der Waals surface area contributed by atoms with Crippen molar-refractivity contribution in [2.45, 2.75) is 26.3 Å². The Morgan fingerprint density at radius 3 is 2.50 bits per heavy atom. The summed E-state index contributed by atoms with van der Waals surface area (Å²) < 4.78 is 11.3. The molecule has 0 fully saturated rings. The van der Waals surface area contributed by atoms with Gasteiger partial charge in [0.15, 0.2) is 17.0 Å². The van der Waals surface area contributed by atoms with Crippen molar-refractivity contribution in [2.75, 3.05) is 25.1 Å². The van der Waals surface area contributed by atoms with Crippen molar-refractivity contribution in [3.8, 4) is 11.8 Å². The second kappa shape index (κ2) is 9.80. The third-order valence-electron chi connectivity index (χ3n) is 3.96. The summed E-state index contributed by atoms with van der Waals surface area (Å²) in [6.45, 7) is 4.84. The highest BCUT2D eigenvalue weighted by atomic mass is 16.5. The Balaban J connectivity index is 1.70. The first-order valence-corrected chi connectivity index (χ1v) is 9.32. The molecule has 0 unspecified atom stereocenters. The Hall–Kier alpha value is -3.00. The molecule has 8 nitrogen and oxygen atoms in total. The Bertz CT molecular complexity index is 876. The van der Waals surface area contributed by atoms with E-state index >= 15 is 0 Å². The lowest BCUT2D eigenvalue weighted by atomic mass is 10.0. The summed E-state index contributed by atoms with van der Waals surface area (Å²) in [6.07, 6.45) is 3.95. The fourth-order valence-electron chi connectivity index (χ4n) is 2.76. The molecule has 1 atom stereocenters. The van der Waals surface area contributed by atoms with Crippen LogP contribution in [0.5, 0.6) is 11.8 Å². The molecule has 2 aromatic heterocycles. The normalized spacial score (nSPS) is 12.1. The van der Waals surface area contributed by atoms with Gasteiger partial charge in [0.25, 0.3) is 0 Å². The maximum Gasteiger partial charge on any atom is 0.320 e. The van der Waals surface area contributed by atoms with E-state index in [9.17, 15) is 5.11 Å². The SMILES string of the molecule is CC(C)C[C@H](CO)Nc1nc(OCCOc2ccccc2)nc2nccnc12. The molecule has 0 spiro atoms. The molecule has 0 radical (unpaired) electrons. The lowest BCUT2D eigenvalue weighted by molar-refractivity contribution is 0.206. The van der Waals surface area contributed by atoms with Crippen LogP contribution in [0.1, 0.15) is 20.3 Å². The maximum atomic E-state index is 9.67. The fraction of sp³-hybridized carbons (Fsp3) is 0.400. The maximum absolute atomic E-state index is 9.67. The zero-order chi connectivity index (χ0) is 19.8. The summed E-state index contributed by atoms with van der Waals surface area (Å²) in [4.78, 5) is 17.3. The number of fused-ring (bicyclic) bond motifs is 1. The van der Waals surface area contributed by atoms with Gasteiger partial charge in [0, 0.05) is 12.4 Å². The molecule has 1 aromatic carbocycles. The second-order valence-electron chi connectivity index (χ2n) is 6.75. The van der Waals surface area contributed by atoms with E-state index in [0.717, 1.165) is 12.2 Å². The van der Waals surface area contributed by atoms with E-state index in [0.29, 0.717) is 29.5 Å². The lowest BCUT2D eigenvalue weighted by Crippen LogP contribution is -2.26. The van der Waals surface area contributed by atoms with Gasteiger partial charge in [-0.05, 0) is 24.5 Å². The molecule has 28 heavy (non-hydrogen) atoms. The number of para-hydroxylation sites is 1. The molecule has 0 aliphatic rings. The highest BCUT2D eigenvalue weighted by Gasteiger charge is 2.16. The van der Waals surface area contributed by atoms with Crippen LogP contribution in [0.25, 0.3) is 11.2 Å². The van der Waals surface area contributed by atoms with Crippen LogP contribution in [-0.2, 0) is 0 Å². The van der Waals surface area contributed by atoms with Crippen LogP contribution in [0.4, 0.5) is 5.82 Å². The van der Waals surface area contributed by atoms with Crippen LogP contribution in [0.2, 0.25) is 0 Å². The minimum Gasteiger partial charge on any atom is -0.490 e. The van der Waals surface area contributed by atoms with E-state index in [2.05, 4.69) is 39.1 Å². The zero-order valence-electron chi connectivity index (χ0n) is 16.1. The van der Waals surface area contributed by atoms with Gasteiger partial charge in [-0.2, -0.15) is 9.97 Å². The van der Waals surface area contributed by atoms with Crippen LogP contribution in [0.15, 0.2) is 42.7 Å². The minimum atomic E-state index is -0.144. The molecule has 0 amide bonds. The van der Waals surface area contributed by atoms with Crippen LogP contribution in [-0.4, -0.2) is 50.9 Å². The van der Waals surface area contributed by atoms with Crippen molar-refractivity contribution >= 4 is 17.0 Å². The Morgan fingerprint density at radius 1 is 1.00 bits per heavy atom. The summed E-state index contributed by atoms with van der Waals surface area (Å²) in [7, 11) is 0. The predicted molar refractivity (Wildman–Crippen MR) is 107 cm³/mol.